The number of nitrogens with zero attached hydrogens (tertiary/aromatic N) is 1. The summed E-state index contributed by atoms with van der Waals surface area (Å²) >= 11 is 0. The highest BCUT2D eigenvalue weighted by Crippen LogP contribution is 2.32. The summed E-state index contributed by atoms with van der Waals surface area (Å²) in [5.74, 6) is 0.448. The predicted molar refractivity (Wildman–Crippen MR) is 86.7 cm³/mol. The smallest absolute Gasteiger partial charge is 0.123 e. The van der Waals surface area contributed by atoms with Crippen LogP contribution in [0.5, 0.6) is 0 Å². The van der Waals surface area contributed by atoms with E-state index in [1.165, 1.54) is 31.2 Å². The average molecular weight is 292 g/mol. The molecule has 1 atom stereocenters. The molecule has 1 aromatic rings. The molecule has 1 saturated carbocycles. The molecule has 1 fully saturated rings. The lowest BCUT2D eigenvalue weighted by Gasteiger charge is -2.38. The molecule has 118 valence electrons. The molecule has 0 bridgehead atoms. The van der Waals surface area contributed by atoms with Gasteiger partial charge in [0.15, 0.2) is 0 Å². The standard InChI is InChI=1S/C18H29FN2/c1-13(2)12-21(16-6-4-5-7-16)18(11-20)17-9-8-15(19)10-14(17)3/h8-10,13,16,18H,4-7,11-12,20H2,1-3H3. The van der Waals surface area contributed by atoms with E-state index < -0.39 is 0 Å². The van der Waals surface area contributed by atoms with E-state index in [2.05, 4.69) is 18.7 Å². The number of nitrogens with two attached hydrogens (primary N) is 1. The molecule has 3 heteroatoms. The summed E-state index contributed by atoms with van der Waals surface area (Å²) in [4.78, 5) is 2.58. The first-order valence-corrected chi connectivity index (χ1v) is 8.24. The largest absolute Gasteiger partial charge is 0.329 e. The number of hydrogen-bond donors (Lipinski definition) is 1. The number of benzene rings is 1. The fourth-order valence-corrected chi connectivity index (χ4v) is 3.64. The van der Waals surface area contributed by atoms with Crippen molar-refractivity contribution in [1.29, 1.82) is 0 Å². The second-order valence-electron chi connectivity index (χ2n) is 6.78. The van der Waals surface area contributed by atoms with Gasteiger partial charge in [-0.25, -0.2) is 4.39 Å². The first-order chi connectivity index (χ1) is 10.0. The van der Waals surface area contributed by atoms with Gasteiger partial charge >= 0.3 is 0 Å². The Balaban J connectivity index is 2.29. The van der Waals surface area contributed by atoms with Gasteiger partial charge in [-0.2, -0.15) is 0 Å². The zero-order chi connectivity index (χ0) is 15.4. The van der Waals surface area contributed by atoms with E-state index in [4.69, 9.17) is 5.73 Å². The van der Waals surface area contributed by atoms with Gasteiger partial charge in [0.2, 0.25) is 0 Å². The van der Waals surface area contributed by atoms with Crippen molar-refractivity contribution < 1.29 is 4.39 Å². The van der Waals surface area contributed by atoms with E-state index in [-0.39, 0.29) is 11.9 Å². The maximum Gasteiger partial charge on any atom is 0.123 e. The lowest BCUT2D eigenvalue weighted by Crippen LogP contribution is -2.42. The number of aryl methyl sites for hydroxylation is 1. The second kappa shape index (κ2) is 7.37. The van der Waals surface area contributed by atoms with Crippen molar-refractivity contribution >= 4 is 0 Å². The Labute approximate surface area is 128 Å². The highest BCUT2D eigenvalue weighted by atomic mass is 19.1. The molecule has 0 amide bonds. The van der Waals surface area contributed by atoms with Crippen LogP contribution in [0, 0.1) is 18.7 Å². The summed E-state index contributed by atoms with van der Waals surface area (Å²) in [7, 11) is 0. The first-order valence-electron chi connectivity index (χ1n) is 8.24. The fraction of sp³-hybridized carbons (Fsp3) is 0.667. The van der Waals surface area contributed by atoms with Gasteiger partial charge in [-0.15, -0.1) is 0 Å². The highest BCUT2D eigenvalue weighted by Gasteiger charge is 2.30. The van der Waals surface area contributed by atoms with Crippen LogP contribution in [0.1, 0.15) is 56.7 Å². The SMILES string of the molecule is Cc1cc(F)ccc1C(CN)N(CC(C)C)C1CCCC1. The number of halogens is 1. The van der Waals surface area contributed by atoms with Gasteiger partial charge in [-0.3, -0.25) is 4.90 Å². The van der Waals surface area contributed by atoms with Crippen LogP contribution in [0.4, 0.5) is 4.39 Å². The van der Waals surface area contributed by atoms with Crippen molar-refractivity contribution in [2.75, 3.05) is 13.1 Å². The maximum atomic E-state index is 13.4. The van der Waals surface area contributed by atoms with Gasteiger partial charge in [0.25, 0.3) is 0 Å². The van der Waals surface area contributed by atoms with Gasteiger partial charge in [-0.05, 0) is 48.9 Å². The zero-order valence-corrected chi connectivity index (χ0v) is 13.6. The Kier molecular flexibility index (Phi) is 5.77. The van der Waals surface area contributed by atoms with E-state index in [1.807, 2.05) is 13.0 Å². The summed E-state index contributed by atoms with van der Waals surface area (Å²) in [6.45, 7) is 8.16. The normalized spacial score (nSPS) is 17.9. The van der Waals surface area contributed by atoms with Crippen LogP contribution >= 0.6 is 0 Å². The first kappa shape index (κ1) is 16.4. The van der Waals surface area contributed by atoms with Gasteiger partial charge < -0.3 is 5.73 Å². The highest BCUT2D eigenvalue weighted by molar-refractivity contribution is 5.30. The molecule has 1 unspecified atom stereocenters. The molecule has 21 heavy (non-hydrogen) atoms. The lowest BCUT2D eigenvalue weighted by atomic mass is 9.96. The molecule has 0 aliphatic heterocycles. The molecule has 2 N–H and O–H groups in total. The molecule has 2 nitrogen and oxygen atoms in total. The van der Waals surface area contributed by atoms with Crippen LogP contribution < -0.4 is 5.73 Å². The van der Waals surface area contributed by atoms with Crippen LogP contribution in [0.25, 0.3) is 0 Å². The van der Waals surface area contributed by atoms with Gasteiger partial charge in [0.1, 0.15) is 5.82 Å². The van der Waals surface area contributed by atoms with Crippen LogP contribution in [0.3, 0.4) is 0 Å². The van der Waals surface area contributed by atoms with Crippen molar-refractivity contribution in [2.45, 2.75) is 58.5 Å². The number of hydrogen-bond acceptors (Lipinski definition) is 2. The van der Waals surface area contributed by atoms with E-state index in [9.17, 15) is 4.39 Å². The maximum absolute atomic E-state index is 13.4. The summed E-state index contributed by atoms with van der Waals surface area (Å²) in [5, 5.41) is 0. The minimum Gasteiger partial charge on any atom is -0.329 e. The summed E-state index contributed by atoms with van der Waals surface area (Å²) in [6, 6.07) is 5.94. The topological polar surface area (TPSA) is 29.3 Å². The molecular weight excluding hydrogens is 263 g/mol. The molecule has 0 spiro atoms. The van der Waals surface area contributed by atoms with E-state index in [0.717, 1.165) is 12.1 Å². The Morgan fingerprint density at radius 2 is 1.95 bits per heavy atom. The van der Waals surface area contributed by atoms with Crippen LogP contribution in [0.2, 0.25) is 0 Å². The van der Waals surface area contributed by atoms with Crippen molar-refractivity contribution in [1.82, 2.24) is 4.90 Å². The van der Waals surface area contributed by atoms with Crippen LogP contribution in [-0.2, 0) is 0 Å². The summed E-state index contributed by atoms with van der Waals surface area (Å²) < 4.78 is 13.4. The summed E-state index contributed by atoms with van der Waals surface area (Å²) in [5.41, 5.74) is 8.32. The molecule has 2 rings (SSSR count). The average Bonchev–Trinajstić information content (AvgIpc) is 2.94. The molecule has 1 aliphatic rings. The minimum absolute atomic E-state index is 0.164. The van der Waals surface area contributed by atoms with Crippen molar-refractivity contribution in [2.24, 2.45) is 11.7 Å². The third-order valence-electron chi connectivity index (χ3n) is 4.58. The van der Waals surface area contributed by atoms with Gasteiger partial charge in [0, 0.05) is 25.2 Å². The van der Waals surface area contributed by atoms with Crippen molar-refractivity contribution in [3.05, 3.63) is 35.1 Å². The minimum atomic E-state index is -0.164. The number of rotatable bonds is 6. The molecule has 0 heterocycles. The lowest BCUT2D eigenvalue weighted by molar-refractivity contribution is 0.121. The molecule has 0 saturated heterocycles. The molecule has 1 aromatic carbocycles. The molecule has 0 radical (unpaired) electrons. The Morgan fingerprint density at radius 1 is 1.29 bits per heavy atom. The second-order valence-corrected chi connectivity index (χ2v) is 6.78. The molecule has 0 aromatic heterocycles. The third kappa shape index (κ3) is 4.04. The molecule has 1 aliphatic carbocycles. The van der Waals surface area contributed by atoms with Crippen molar-refractivity contribution in [3.63, 3.8) is 0 Å². The Morgan fingerprint density at radius 3 is 2.48 bits per heavy atom. The van der Waals surface area contributed by atoms with Gasteiger partial charge in [-0.1, -0.05) is 32.8 Å². The van der Waals surface area contributed by atoms with Crippen molar-refractivity contribution in [3.8, 4) is 0 Å². The monoisotopic (exact) mass is 292 g/mol. The van der Waals surface area contributed by atoms with Crippen LogP contribution in [0.15, 0.2) is 18.2 Å². The van der Waals surface area contributed by atoms with Crippen LogP contribution in [-0.4, -0.2) is 24.0 Å². The Bertz CT molecular complexity index is 453. The fourth-order valence-electron chi connectivity index (χ4n) is 3.64. The molecular formula is C18H29FN2. The van der Waals surface area contributed by atoms with E-state index >= 15 is 0 Å². The third-order valence-corrected chi connectivity index (χ3v) is 4.58. The predicted octanol–water partition coefficient (Wildman–Crippen LogP) is 4.03. The van der Waals surface area contributed by atoms with Gasteiger partial charge in [0.05, 0.1) is 0 Å². The van der Waals surface area contributed by atoms with E-state index in [1.54, 1.807) is 12.1 Å². The Hall–Kier alpha value is -0.930. The van der Waals surface area contributed by atoms with E-state index in [0.29, 0.717) is 18.5 Å². The zero-order valence-electron chi connectivity index (χ0n) is 13.6. The summed E-state index contributed by atoms with van der Waals surface area (Å²) in [6.07, 6.45) is 5.17. The quantitative estimate of drug-likeness (QED) is 0.857.